The smallest absolute Gasteiger partial charge is 0.191 e. The summed E-state index contributed by atoms with van der Waals surface area (Å²) in [5.74, 6) is 0.516. The highest BCUT2D eigenvalue weighted by Gasteiger charge is 2.23. The van der Waals surface area contributed by atoms with E-state index in [0.29, 0.717) is 21.9 Å². The predicted octanol–water partition coefficient (Wildman–Crippen LogP) is 4.81. The summed E-state index contributed by atoms with van der Waals surface area (Å²) in [7, 11) is 0. The van der Waals surface area contributed by atoms with Crippen molar-refractivity contribution in [3.05, 3.63) is 38.1 Å². The van der Waals surface area contributed by atoms with Gasteiger partial charge in [0.1, 0.15) is 5.75 Å². The van der Waals surface area contributed by atoms with Crippen molar-refractivity contribution in [3.8, 4) is 5.75 Å². The van der Waals surface area contributed by atoms with E-state index in [1.165, 1.54) is 0 Å². The lowest BCUT2D eigenvalue weighted by atomic mass is 9.87. The molecule has 0 unspecified atom stereocenters. The normalized spacial score (nSPS) is 13.8. The molecule has 0 saturated heterocycles. The molecule has 0 aliphatic heterocycles. The first-order valence-electron chi connectivity index (χ1n) is 8.21. The SMILES string of the molecule is CC(=CN[C@H](CO)C(C)(C)C)C(=O)c1cc(I)c(OC(C)C)cc1Cl. The number of hydrogen-bond acceptors (Lipinski definition) is 4. The van der Waals surface area contributed by atoms with Crippen molar-refractivity contribution < 1.29 is 14.6 Å². The molecule has 1 aromatic rings. The van der Waals surface area contributed by atoms with Crippen LogP contribution in [0.15, 0.2) is 23.9 Å². The van der Waals surface area contributed by atoms with Gasteiger partial charge in [-0.2, -0.15) is 0 Å². The minimum atomic E-state index is -0.155. The van der Waals surface area contributed by atoms with Crippen molar-refractivity contribution in [3.63, 3.8) is 0 Å². The van der Waals surface area contributed by atoms with Crippen molar-refractivity contribution in [2.24, 2.45) is 5.41 Å². The minimum Gasteiger partial charge on any atom is -0.490 e. The molecule has 0 amide bonds. The van der Waals surface area contributed by atoms with E-state index >= 15 is 0 Å². The third-order valence-electron chi connectivity index (χ3n) is 3.72. The van der Waals surface area contributed by atoms with Gasteiger partial charge >= 0.3 is 0 Å². The van der Waals surface area contributed by atoms with E-state index in [9.17, 15) is 9.90 Å². The van der Waals surface area contributed by atoms with E-state index in [-0.39, 0.29) is 30.0 Å². The first-order valence-corrected chi connectivity index (χ1v) is 9.67. The number of halogens is 2. The fourth-order valence-corrected chi connectivity index (χ4v) is 2.96. The van der Waals surface area contributed by atoms with Gasteiger partial charge in [0, 0.05) is 23.4 Å². The van der Waals surface area contributed by atoms with Crippen molar-refractivity contribution in [1.82, 2.24) is 5.32 Å². The van der Waals surface area contributed by atoms with Gasteiger partial charge in [0.2, 0.25) is 0 Å². The Morgan fingerprint density at radius 2 is 2.00 bits per heavy atom. The molecule has 0 fully saturated rings. The number of carbonyl (C=O) groups excluding carboxylic acids is 1. The summed E-state index contributed by atoms with van der Waals surface area (Å²) in [5.41, 5.74) is 0.837. The first kappa shape index (κ1) is 22.3. The summed E-state index contributed by atoms with van der Waals surface area (Å²) in [6.45, 7) is 11.7. The van der Waals surface area contributed by atoms with Crippen molar-refractivity contribution in [2.45, 2.75) is 53.7 Å². The average Bonchev–Trinajstić information content (AvgIpc) is 2.48. The molecular formula is C19H27ClINO3. The summed E-state index contributed by atoms with van der Waals surface area (Å²) in [6.07, 6.45) is 1.68. The van der Waals surface area contributed by atoms with Crippen molar-refractivity contribution in [1.29, 1.82) is 0 Å². The highest BCUT2D eigenvalue weighted by atomic mass is 127. The maximum atomic E-state index is 12.7. The molecule has 1 rings (SSSR count). The Hall–Kier alpha value is -0.790. The molecule has 2 N–H and O–H groups in total. The second-order valence-electron chi connectivity index (χ2n) is 7.35. The average molecular weight is 480 g/mol. The molecule has 4 nitrogen and oxygen atoms in total. The topological polar surface area (TPSA) is 58.6 Å². The summed E-state index contributed by atoms with van der Waals surface area (Å²) >= 11 is 8.43. The zero-order valence-electron chi connectivity index (χ0n) is 15.6. The number of nitrogens with one attached hydrogen (secondary N) is 1. The Morgan fingerprint density at radius 3 is 2.48 bits per heavy atom. The summed E-state index contributed by atoms with van der Waals surface area (Å²) < 4.78 is 6.53. The van der Waals surface area contributed by atoms with Crippen LogP contribution in [0.2, 0.25) is 5.02 Å². The van der Waals surface area contributed by atoms with Crippen LogP contribution in [-0.2, 0) is 0 Å². The van der Waals surface area contributed by atoms with Crippen LogP contribution in [0, 0.1) is 8.99 Å². The number of allylic oxidation sites excluding steroid dienone is 1. The highest BCUT2D eigenvalue weighted by Crippen LogP contribution is 2.30. The Balaban J connectivity index is 3.02. The fraction of sp³-hybridized carbons (Fsp3) is 0.526. The van der Waals surface area contributed by atoms with Gasteiger partial charge in [-0.25, -0.2) is 0 Å². The van der Waals surface area contributed by atoms with Crippen molar-refractivity contribution >= 4 is 40.0 Å². The molecule has 0 radical (unpaired) electrons. The number of ketones is 1. The van der Waals surface area contributed by atoms with Crippen LogP contribution in [0.3, 0.4) is 0 Å². The largest absolute Gasteiger partial charge is 0.490 e. The van der Waals surface area contributed by atoms with Crippen LogP contribution in [0.1, 0.15) is 51.9 Å². The van der Waals surface area contributed by atoms with Crippen LogP contribution in [0.4, 0.5) is 0 Å². The van der Waals surface area contributed by atoms with Crippen LogP contribution in [0.25, 0.3) is 0 Å². The highest BCUT2D eigenvalue weighted by molar-refractivity contribution is 14.1. The van der Waals surface area contributed by atoms with Gasteiger partial charge < -0.3 is 15.2 Å². The van der Waals surface area contributed by atoms with Crippen LogP contribution < -0.4 is 10.1 Å². The quantitative estimate of drug-likeness (QED) is 0.335. The number of carbonyl (C=O) groups is 1. The molecule has 6 heteroatoms. The Morgan fingerprint density at radius 1 is 1.40 bits per heavy atom. The Labute approximate surface area is 169 Å². The van der Waals surface area contributed by atoms with E-state index in [1.54, 1.807) is 25.3 Å². The molecule has 0 aliphatic rings. The number of aliphatic hydroxyl groups excluding tert-OH is 1. The molecule has 1 aromatic carbocycles. The zero-order chi connectivity index (χ0) is 19.4. The summed E-state index contributed by atoms with van der Waals surface area (Å²) in [6, 6.07) is 3.28. The van der Waals surface area contributed by atoms with Crippen molar-refractivity contribution in [2.75, 3.05) is 6.61 Å². The lowest BCUT2D eigenvalue weighted by Crippen LogP contribution is -2.40. The van der Waals surface area contributed by atoms with Gasteiger partial charge in [-0.3, -0.25) is 4.79 Å². The van der Waals surface area contributed by atoms with Crippen LogP contribution in [0.5, 0.6) is 5.75 Å². The molecular weight excluding hydrogens is 453 g/mol. The monoisotopic (exact) mass is 479 g/mol. The van der Waals surface area contributed by atoms with Gasteiger partial charge in [0.15, 0.2) is 5.78 Å². The second-order valence-corrected chi connectivity index (χ2v) is 8.92. The molecule has 0 saturated carbocycles. The molecule has 0 aromatic heterocycles. The molecule has 25 heavy (non-hydrogen) atoms. The van der Waals surface area contributed by atoms with Crippen LogP contribution >= 0.6 is 34.2 Å². The van der Waals surface area contributed by atoms with E-state index in [0.717, 1.165) is 3.57 Å². The fourth-order valence-electron chi connectivity index (χ4n) is 2.13. The van der Waals surface area contributed by atoms with Gasteiger partial charge in [-0.15, -0.1) is 0 Å². The molecule has 0 spiro atoms. The maximum Gasteiger partial charge on any atom is 0.191 e. The maximum absolute atomic E-state index is 12.7. The minimum absolute atomic E-state index is 0.0125. The second kappa shape index (κ2) is 9.24. The number of rotatable bonds is 7. The number of hydrogen-bond donors (Lipinski definition) is 2. The lowest BCUT2D eigenvalue weighted by Gasteiger charge is -2.29. The van der Waals surface area contributed by atoms with E-state index in [4.69, 9.17) is 16.3 Å². The predicted molar refractivity (Wildman–Crippen MR) is 111 cm³/mol. The van der Waals surface area contributed by atoms with Crippen LogP contribution in [-0.4, -0.2) is 29.6 Å². The molecule has 0 heterocycles. The first-order chi connectivity index (χ1) is 11.5. The molecule has 0 aliphatic carbocycles. The van der Waals surface area contributed by atoms with Gasteiger partial charge in [-0.05, 0) is 54.8 Å². The van der Waals surface area contributed by atoms with E-state index in [2.05, 4.69) is 27.9 Å². The third kappa shape index (κ3) is 6.46. The summed E-state index contributed by atoms with van der Waals surface area (Å²) in [5, 5.41) is 13.0. The van der Waals surface area contributed by atoms with Gasteiger partial charge in [-0.1, -0.05) is 32.4 Å². The zero-order valence-corrected chi connectivity index (χ0v) is 18.5. The number of Topliss-reactive ketones (excluding diaryl/α,β-unsaturated/α-hetero) is 1. The van der Waals surface area contributed by atoms with E-state index < -0.39 is 0 Å². The number of aliphatic hydroxyl groups is 1. The van der Waals surface area contributed by atoms with E-state index in [1.807, 2.05) is 34.6 Å². The standard InChI is InChI=1S/C19H27ClINO3/c1-11(2)25-16-8-14(20)13(7-15(16)21)18(24)12(3)9-22-17(10-23)19(4,5)6/h7-9,11,17,22-23H,10H2,1-6H3/t17-/m1/s1. The number of ether oxygens (including phenoxy) is 1. The molecule has 0 bridgehead atoms. The number of benzene rings is 1. The third-order valence-corrected chi connectivity index (χ3v) is 4.87. The summed E-state index contributed by atoms with van der Waals surface area (Å²) in [4.78, 5) is 12.7. The Bertz CT molecular complexity index is 651. The molecule has 140 valence electrons. The Kier molecular flexibility index (Phi) is 8.22. The van der Waals surface area contributed by atoms with Gasteiger partial charge in [0.25, 0.3) is 0 Å². The van der Waals surface area contributed by atoms with Gasteiger partial charge in [0.05, 0.1) is 27.3 Å². The molecule has 1 atom stereocenters. The lowest BCUT2D eigenvalue weighted by molar-refractivity contribution is 0.103.